The van der Waals surface area contributed by atoms with E-state index in [9.17, 15) is 4.79 Å². The molecule has 0 aliphatic rings. The first-order valence-electron chi connectivity index (χ1n) is 9.17. The van der Waals surface area contributed by atoms with Gasteiger partial charge in [-0.15, -0.1) is 0 Å². The Morgan fingerprint density at radius 2 is 1.77 bits per heavy atom. The summed E-state index contributed by atoms with van der Waals surface area (Å²) in [7, 11) is 1.65. The molecular formula is C22H29NO3. The summed E-state index contributed by atoms with van der Waals surface area (Å²) in [6.45, 7) is 9.22. The first-order chi connectivity index (χ1) is 12.5. The van der Waals surface area contributed by atoms with Crippen LogP contribution in [0.3, 0.4) is 0 Å². The molecule has 2 rings (SSSR count). The predicted octanol–water partition coefficient (Wildman–Crippen LogP) is 4.13. The molecule has 0 atom stereocenters. The largest absolute Gasteiger partial charge is 0.493 e. The van der Waals surface area contributed by atoms with Crippen molar-refractivity contribution < 1.29 is 14.3 Å². The Morgan fingerprint density at radius 1 is 1.00 bits per heavy atom. The fourth-order valence-corrected chi connectivity index (χ4v) is 3.03. The zero-order chi connectivity index (χ0) is 19.1. The summed E-state index contributed by atoms with van der Waals surface area (Å²) in [5.74, 6) is 1.62. The van der Waals surface area contributed by atoms with Crippen LogP contribution in [0.5, 0.6) is 11.5 Å². The van der Waals surface area contributed by atoms with Gasteiger partial charge < -0.3 is 14.8 Å². The number of carbonyl (C=O) groups excluding carboxylic acids is 1. The molecule has 0 saturated carbocycles. The molecule has 0 aliphatic heterocycles. The van der Waals surface area contributed by atoms with Gasteiger partial charge in [0.2, 0.25) is 5.91 Å². The minimum atomic E-state index is -0.0285. The van der Waals surface area contributed by atoms with E-state index in [2.05, 4.69) is 38.2 Å². The van der Waals surface area contributed by atoms with Crippen LogP contribution in [-0.2, 0) is 24.2 Å². The Kier molecular flexibility index (Phi) is 7.07. The van der Waals surface area contributed by atoms with Crippen molar-refractivity contribution in [1.82, 2.24) is 5.32 Å². The molecule has 1 N–H and O–H groups in total. The molecule has 0 fully saturated rings. The van der Waals surface area contributed by atoms with Gasteiger partial charge in [0.15, 0.2) is 0 Å². The van der Waals surface area contributed by atoms with Crippen LogP contribution in [0.1, 0.15) is 41.7 Å². The van der Waals surface area contributed by atoms with Crippen molar-refractivity contribution in [2.75, 3.05) is 13.7 Å². The van der Waals surface area contributed by atoms with E-state index in [4.69, 9.17) is 9.47 Å². The van der Waals surface area contributed by atoms with Gasteiger partial charge in [-0.3, -0.25) is 4.79 Å². The molecule has 1 amide bonds. The van der Waals surface area contributed by atoms with Crippen LogP contribution in [0.2, 0.25) is 0 Å². The first-order valence-corrected chi connectivity index (χ1v) is 9.17. The molecule has 0 unspecified atom stereocenters. The molecule has 0 radical (unpaired) electrons. The highest BCUT2D eigenvalue weighted by Crippen LogP contribution is 2.28. The average molecular weight is 355 g/mol. The van der Waals surface area contributed by atoms with E-state index in [1.54, 1.807) is 7.05 Å². The molecule has 0 aliphatic carbocycles. The maximum absolute atomic E-state index is 11.9. The van der Waals surface area contributed by atoms with Gasteiger partial charge in [-0.2, -0.15) is 0 Å². The van der Waals surface area contributed by atoms with Gasteiger partial charge >= 0.3 is 0 Å². The van der Waals surface area contributed by atoms with Crippen molar-refractivity contribution in [3.05, 3.63) is 58.1 Å². The Labute approximate surface area is 156 Å². The van der Waals surface area contributed by atoms with Gasteiger partial charge in [0.1, 0.15) is 18.1 Å². The molecule has 0 spiro atoms. The van der Waals surface area contributed by atoms with Crippen LogP contribution in [0.25, 0.3) is 0 Å². The van der Waals surface area contributed by atoms with Crippen molar-refractivity contribution in [3.8, 4) is 11.5 Å². The number of likely N-dealkylation sites (N-methyl/N-ethyl adjacent to an activating group) is 1. The van der Waals surface area contributed by atoms with Gasteiger partial charge in [0, 0.05) is 12.6 Å². The van der Waals surface area contributed by atoms with Crippen molar-refractivity contribution >= 4 is 5.91 Å². The van der Waals surface area contributed by atoms with Gasteiger partial charge in [-0.1, -0.05) is 25.1 Å². The number of aryl methyl sites for hydroxylation is 3. The Morgan fingerprint density at radius 3 is 2.42 bits per heavy atom. The number of nitrogens with one attached hydrogen (secondary N) is 1. The molecule has 0 saturated heterocycles. The topological polar surface area (TPSA) is 47.6 Å². The second-order valence-corrected chi connectivity index (χ2v) is 6.36. The third-order valence-electron chi connectivity index (χ3n) is 4.55. The smallest absolute Gasteiger partial charge is 0.224 e. The van der Waals surface area contributed by atoms with E-state index in [0.29, 0.717) is 19.6 Å². The van der Waals surface area contributed by atoms with Crippen LogP contribution >= 0.6 is 0 Å². The van der Waals surface area contributed by atoms with Crippen molar-refractivity contribution in [2.24, 2.45) is 0 Å². The third kappa shape index (κ3) is 4.78. The van der Waals surface area contributed by atoms with Crippen LogP contribution in [0.4, 0.5) is 0 Å². The van der Waals surface area contributed by atoms with E-state index < -0.39 is 0 Å². The van der Waals surface area contributed by atoms with Gasteiger partial charge in [-0.05, 0) is 61.6 Å². The second kappa shape index (κ2) is 9.27. The van der Waals surface area contributed by atoms with Gasteiger partial charge in [0.25, 0.3) is 0 Å². The zero-order valence-electron chi connectivity index (χ0n) is 16.4. The molecule has 26 heavy (non-hydrogen) atoms. The van der Waals surface area contributed by atoms with Crippen molar-refractivity contribution in [1.29, 1.82) is 0 Å². The maximum atomic E-state index is 11.9. The number of benzene rings is 2. The predicted molar refractivity (Wildman–Crippen MR) is 105 cm³/mol. The number of ether oxygens (including phenoxy) is 2. The fraction of sp³-hybridized carbons (Fsp3) is 0.409. The highest BCUT2D eigenvalue weighted by molar-refractivity contribution is 5.78. The van der Waals surface area contributed by atoms with Gasteiger partial charge in [0.05, 0.1) is 13.0 Å². The summed E-state index contributed by atoms with van der Waals surface area (Å²) in [6.07, 6.45) is 1.32. The molecule has 0 heterocycles. The number of hydrogen-bond acceptors (Lipinski definition) is 3. The van der Waals surface area contributed by atoms with E-state index in [0.717, 1.165) is 34.6 Å². The third-order valence-corrected chi connectivity index (χ3v) is 4.55. The molecule has 0 aromatic heterocycles. The molecule has 4 nitrogen and oxygen atoms in total. The molecule has 4 heteroatoms. The number of rotatable bonds is 8. The van der Waals surface area contributed by atoms with Crippen LogP contribution in [0.15, 0.2) is 30.3 Å². The first kappa shape index (κ1) is 19.8. The van der Waals surface area contributed by atoms with E-state index >= 15 is 0 Å². The normalized spacial score (nSPS) is 10.5. The molecule has 0 bridgehead atoms. The van der Waals surface area contributed by atoms with Gasteiger partial charge in [-0.25, -0.2) is 0 Å². The summed E-state index contributed by atoms with van der Waals surface area (Å²) in [6, 6.07) is 10.1. The summed E-state index contributed by atoms with van der Waals surface area (Å²) in [4.78, 5) is 11.9. The Hall–Kier alpha value is -2.49. The summed E-state index contributed by atoms with van der Waals surface area (Å²) < 4.78 is 11.9. The van der Waals surface area contributed by atoms with E-state index in [1.807, 2.05) is 25.1 Å². The number of carbonyl (C=O) groups is 1. The summed E-state index contributed by atoms with van der Waals surface area (Å²) in [5, 5.41) is 2.67. The highest BCUT2D eigenvalue weighted by Gasteiger charge is 2.14. The lowest BCUT2D eigenvalue weighted by atomic mass is 10.0. The maximum Gasteiger partial charge on any atom is 0.224 e. The second-order valence-electron chi connectivity index (χ2n) is 6.36. The quantitative estimate of drug-likeness (QED) is 0.774. The lowest BCUT2D eigenvalue weighted by molar-refractivity contribution is -0.119. The molecule has 140 valence electrons. The minimum absolute atomic E-state index is 0.0285. The Balaban J connectivity index is 2.30. The van der Waals surface area contributed by atoms with E-state index in [-0.39, 0.29) is 5.91 Å². The summed E-state index contributed by atoms with van der Waals surface area (Å²) >= 11 is 0. The molecule has 2 aromatic rings. The average Bonchev–Trinajstić information content (AvgIpc) is 2.63. The fourth-order valence-electron chi connectivity index (χ4n) is 3.03. The van der Waals surface area contributed by atoms with Crippen LogP contribution in [-0.4, -0.2) is 19.6 Å². The monoisotopic (exact) mass is 355 g/mol. The summed E-state index contributed by atoms with van der Waals surface area (Å²) in [5.41, 5.74) is 5.54. The number of amides is 1. The minimum Gasteiger partial charge on any atom is -0.493 e. The lowest BCUT2D eigenvalue weighted by Gasteiger charge is -2.17. The van der Waals surface area contributed by atoms with E-state index in [1.165, 1.54) is 11.1 Å². The van der Waals surface area contributed by atoms with Crippen molar-refractivity contribution in [3.63, 3.8) is 0 Å². The molecular weight excluding hydrogens is 326 g/mol. The Bertz CT molecular complexity index is 768. The number of hydrogen-bond donors (Lipinski definition) is 1. The van der Waals surface area contributed by atoms with Crippen LogP contribution in [0, 0.1) is 13.8 Å². The zero-order valence-corrected chi connectivity index (χ0v) is 16.4. The van der Waals surface area contributed by atoms with Crippen molar-refractivity contribution in [2.45, 2.75) is 47.1 Å². The van der Waals surface area contributed by atoms with Crippen LogP contribution < -0.4 is 14.8 Å². The highest BCUT2D eigenvalue weighted by atomic mass is 16.5. The lowest BCUT2D eigenvalue weighted by Crippen LogP contribution is -2.21. The molecule has 2 aromatic carbocycles. The standard InChI is InChI=1S/C22H29NO3/c1-6-17-11-16(4)21(12-15(17)3)26-14-19-18(13-22(24)23-5)9-8-10-20(19)25-7-2/h8-12H,6-7,13-14H2,1-5H3,(H,23,24). The SMILES string of the molecule is CCOc1cccc(CC(=O)NC)c1COc1cc(C)c(CC)cc1C.